The molecule has 4 fully saturated rings. The van der Waals surface area contributed by atoms with Gasteiger partial charge in [-0.25, -0.2) is 0 Å². The number of amides is 1. The number of thiophene rings is 1. The van der Waals surface area contributed by atoms with E-state index in [0.29, 0.717) is 10.8 Å². The van der Waals surface area contributed by atoms with E-state index in [-0.39, 0.29) is 11.9 Å². The molecule has 0 aliphatic carbocycles. The van der Waals surface area contributed by atoms with E-state index >= 15 is 0 Å². The molecule has 4 aliphatic heterocycles. The van der Waals surface area contributed by atoms with Gasteiger partial charge in [-0.2, -0.15) is 0 Å². The predicted molar refractivity (Wildman–Crippen MR) is 114 cm³/mol. The van der Waals surface area contributed by atoms with Crippen LogP contribution in [0.1, 0.15) is 22.5 Å². The van der Waals surface area contributed by atoms with E-state index in [1.807, 2.05) is 24.3 Å². The summed E-state index contributed by atoms with van der Waals surface area (Å²) in [6.07, 6.45) is 2.40. The van der Waals surface area contributed by atoms with Gasteiger partial charge in [-0.05, 0) is 56.1 Å². The fourth-order valence-electron chi connectivity index (χ4n) is 4.55. The summed E-state index contributed by atoms with van der Waals surface area (Å²) in [6.45, 7) is 6.65. The Morgan fingerprint density at radius 1 is 1.10 bits per heavy atom. The standard InChI is InChI=1S/C22H27N3O3S/c26-22(23-19-15-24-8-6-16(19)7-9-24)20-4-5-21(29-20)28-18-3-1-2-17(14-18)25-10-12-27-13-11-25/h1-5,14,16,19H,6-13,15H2,(H,23,26)/t19-/m0/s1. The van der Waals surface area contributed by atoms with Gasteiger partial charge in [0.1, 0.15) is 5.75 Å². The lowest BCUT2D eigenvalue weighted by Crippen LogP contribution is -2.57. The Morgan fingerprint density at radius 2 is 1.93 bits per heavy atom. The molecule has 4 aliphatic rings. The number of piperidine rings is 3. The first-order valence-electron chi connectivity index (χ1n) is 10.5. The first kappa shape index (κ1) is 18.9. The van der Waals surface area contributed by atoms with E-state index in [2.05, 4.69) is 27.2 Å². The van der Waals surface area contributed by atoms with Gasteiger partial charge < -0.3 is 24.6 Å². The molecule has 7 heteroatoms. The third-order valence-electron chi connectivity index (χ3n) is 6.19. The van der Waals surface area contributed by atoms with Gasteiger partial charge in [0.25, 0.3) is 5.91 Å². The smallest absolute Gasteiger partial charge is 0.261 e. The summed E-state index contributed by atoms with van der Waals surface area (Å²) >= 11 is 1.40. The van der Waals surface area contributed by atoms with Crippen molar-refractivity contribution in [1.29, 1.82) is 0 Å². The minimum absolute atomic E-state index is 0.0191. The van der Waals surface area contributed by atoms with Crippen molar-refractivity contribution >= 4 is 22.9 Å². The molecule has 29 heavy (non-hydrogen) atoms. The molecule has 4 saturated heterocycles. The van der Waals surface area contributed by atoms with Gasteiger partial charge in [-0.1, -0.05) is 17.4 Å². The first-order valence-corrected chi connectivity index (χ1v) is 11.3. The zero-order valence-corrected chi connectivity index (χ0v) is 17.3. The summed E-state index contributed by atoms with van der Waals surface area (Å²) in [5.74, 6) is 1.44. The third kappa shape index (κ3) is 4.27. The van der Waals surface area contributed by atoms with Gasteiger partial charge in [-0.3, -0.25) is 4.79 Å². The molecule has 6 nitrogen and oxygen atoms in total. The molecule has 0 spiro atoms. The maximum Gasteiger partial charge on any atom is 0.261 e. The molecule has 1 amide bonds. The Hall–Kier alpha value is -2.09. The molecule has 154 valence electrons. The van der Waals surface area contributed by atoms with Crippen molar-refractivity contribution < 1.29 is 14.3 Å². The number of carbonyl (C=O) groups excluding carboxylic acids is 1. The monoisotopic (exact) mass is 413 g/mol. The SMILES string of the molecule is O=C(N[C@H]1CN2CCC1CC2)c1ccc(Oc2cccc(N3CCOCC3)c2)s1. The largest absolute Gasteiger partial charge is 0.447 e. The average molecular weight is 414 g/mol. The van der Waals surface area contributed by atoms with Crippen LogP contribution in [0, 0.1) is 5.92 Å². The van der Waals surface area contributed by atoms with Gasteiger partial charge in [0.05, 0.1) is 18.1 Å². The lowest BCUT2D eigenvalue weighted by molar-refractivity contribution is 0.0622. The van der Waals surface area contributed by atoms with Crippen molar-refractivity contribution in [2.45, 2.75) is 18.9 Å². The summed E-state index contributed by atoms with van der Waals surface area (Å²) in [6, 6.07) is 12.1. The van der Waals surface area contributed by atoms with Crippen LogP contribution >= 0.6 is 11.3 Å². The van der Waals surface area contributed by atoms with Crippen molar-refractivity contribution in [1.82, 2.24) is 10.2 Å². The van der Waals surface area contributed by atoms with Gasteiger partial charge in [-0.15, -0.1) is 0 Å². The summed E-state index contributed by atoms with van der Waals surface area (Å²) in [7, 11) is 0. The summed E-state index contributed by atoms with van der Waals surface area (Å²) in [5, 5.41) is 3.99. The molecule has 0 saturated carbocycles. The fraction of sp³-hybridized carbons (Fsp3) is 0.500. The van der Waals surface area contributed by atoms with Crippen LogP contribution in [0.2, 0.25) is 0 Å². The lowest BCUT2D eigenvalue weighted by atomic mass is 9.84. The van der Waals surface area contributed by atoms with E-state index < -0.39 is 0 Å². The fourth-order valence-corrected chi connectivity index (χ4v) is 5.32. The van der Waals surface area contributed by atoms with Crippen molar-refractivity contribution in [3.8, 4) is 10.8 Å². The molecule has 0 unspecified atom stereocenters. The molecular formula is C22H27N3O3S. The van der Waals surface area contributed by atoms with E-state index in [1.165, 1.54) is 37.3 Å². The molecule has 0 radical (unpaired) electrons. The number of anilines is 1. The van der Waals surface area contributed by atoms with Gasteiger partial charge in [0, 0.05) is 37.4 Å². The summed E-state index contributed by atoms with van der Waals surface area (Å²) in [4.78, 5) is 18.2. The zero-order valence-electron chi connectivity index (χ0n) is 16.5. The number of morpholine rings is 1. The van der Waals surface area contributed by atoms with Crippen LogP contribution in [0.4, 0.5) is 5.69 Å². The zero-order chi connectivity index (χ0) is 19.6. The first-order chi connectivity index (χ1) is 14.2. The van der Waals surface area contributed by atoms with Crippen molar-refractivity contribution in [2.75, 3.05) is 50.8 Å². The van der Waals surface area contributed by atoms with Crippen LogP contribution in [-0.2, 0) is 4.74 Å². The Morgan fingerprint density at radius 3 is 2.69 bits per heavy atom. The molecule has 1 N–H and O–H groups in total. The highest BCUT2D eigenvalue weighted by Gasteiger charge is 2.35. The Labute approximate surface area is 175 Å². The normalized spacial score (nSPS) is 26.3. The second kappa shape index (κ2) is 8.34. The number of hydrogen-bond donors (Lipinski definition) is 1. The highest BCUT2D eigenvalue weighted by atomic mass is 32.1. The van der Waals surface area contributed by atoms with E-state index in [9.17, 15) is 4.79 Å². The number of rotatable bonds is 5. The molecule has 2 aromatic rings. The maximum atomic E-state index is 12.7. The van der Waals surface area contributed by atoms with Crippen LogP contribution in [0.3, 0.4) is 0 Å². The topological polar surface area (TPSA) is 54.0 Å². The second-order valence-corrected chi connectivity index (χ2v) is 9.08. The molecule has 1 aromatic carbocycles. The number of benzene rings is 1. The van der Waals surface area contributed by atoms with E-state index in [1.54, 1.807) is 0 Å². The number of nitrogens with zero attached hydrogens (tertiary/aromatic N) is 2. The number of nitrogens with one attached hydrogen (secondary N) is 1. The number of carbonyl (C=O) groups is 1. The van der Waals surface area contributed by atoms with Crippen LogP contribution in [0.5, 0.6) is 10.8 Å². The molecule has 2 bridgehead atoms. The molecule has 1 aromatic heterocycles. The maximum absolute atomic E-state index is 12.7. The van der Waals surface area contributed by atoms with Crippen LogP contribution in [0.25, 0.3) is 0 Å². The molecule has 5 heterocycles. The highest BCUT2D eigenvalue weighted by Crippen LogP contribution is 2.32. The summed E-state index contributed by atoms with van der Waals surface area (Å²) < 4.78 is 11.5. The van der Waals surface area contributed by atoms with Crippen molar-refractivity contribution in [3.05, 3.63) is 41.3 Å². The molecular weight excluding hydrogens is 386 g/mol. The predicted octanol–water partition coefficient (Wildman–Crippen LogP) is 3.20. The summed E-state index contributed by atoms with van der Waals surface area (Å²) in [5.41, 5.74) is 1.14. The quantitative estimate of drug-likeness (QED) is 0.816. The van der Waals surface area contributed by atoms with Gasteiger partial charge in [0.2, 0.25) is 0 Å². The lowest BCUT2D eigenvalue weighted by Gasteiger charge is -2.44. The Kier molecular flexibility index (Phi) is 5.44. The van der Waals surface area contributed by atoms with Crippen molar-refractivity contribution in [3.63, 3.8) is 0 Å². The number of fused-ring (bicyclic) bond motifs is 3. The average Bonchev–Trinajstić information content (AvgIpc) is 3.24. The van der Waals surface area contributed by atoms with Crippen LogP contribution < -0.4 is 15.0 Å². The number of hydrogen-bond acceptors (Lipinski definition) is 6. The van der Waals surface area contributed by atoms with Crippen LogP contribution in [0.15, 0.2) is 36.4 Å². The third-order valence-corrected chi connectivity index (χ3v) is 7.15. The van der Waals surface area contributed by atoms with Gasteiger partial charge in [0.15, 0.2) is 5.06 Å². The molecule has 1 atom stereocenters. The Balaban J connectivity index is 1.22. The minimum atomic E-state index is 0.0191. The van der Waals surface area contributed by atoms with E-state index in [4.69, 9.17) is 9.47 Å². The number of ether oxygens (including phenoxy) is 2. The highest BCUT2D eigenvalue weighted by molar-refractivity contribution is 7.15. The molecule has 6 rings (SSSR count). The van der Waals surface area contributed by atoms with Crippen molar-refractivity contribution in [2.24, 2.45) is 5.92 Å². The second-order valence-electron chi connectivity index (χ2n) is 8.04. The van der Waals surface area contributed by atoms with Crippen LogP contribution in [-0.4, -0.2) is 62.8 Å². The van der Waals surface area contributed by atoms with E-state index in [0.717, 1.165) is 49.3 Å². The minimum Gasteiger partial charge on any atom is -0.447 e. The Bertz CT molecular complexity index is 856. The van der Waals surface area contributed by atoms with Gasteiger partial charge >= 0.3 is 0 Å².